The maximum Gasteiger partial charge on any atom is 0.270 e. The summed E-state index contributed by atoms with van der Waals surface area (Å²) in [5.74, 6) is 0.131. The number of aromatic nitrogens is 1. The normalized spacial score (nSPS) is 16.5. The minimum Gasteiger partial charge on any atom is -0.351 e. The Morgan fingerprint density at radius 1 is 1.26 bits per heavy atom. The van der Waals surface area contributed by atoms with Gasteiger partial charge in [0.15, 0.2) is 0 Å². The van der Waals surface area contributed by atoms with Gasteiger partial charge < -0.3 is 9.88 Å². The molecule has 1 saturated heterocycles. The van der Waals surface area contributed by atoms with Crippen LogP contribution in [0.15, 0.2) is 24.3 Å². The van der Waals surface area contributed by atoms with Crippen molar-refractivity contribution in [1.29, 1.82) is 5.26 Å². The van der Waals surface area contributed by atoms with E-state index in [1.54, 1.807) is 0 Å². The highest BCUT2D eigenvalue weighted by molar-refractivity contribution is 5.98. The summed E-state index contributed by atoms with van der Waals surface area (Å²) < 4.78 is 0. The molecule has 0 atom stereocenters. The number of amides is 1. The van der Waals surface area contributed by atoms with Crippen LogP contribution in [0.3, 0.4) is 0 Å². The van der Waals surface area contributed by atoms with Gasteiger partial charge in [-0.05, 0) is 36.0 Å². The van der Waals surface area contributed by atoms with E-state index in [4.69, 9.17) is 5.26 Å². The van der Waals surface area contributed by atoms with Gasteiger partial charge in [0.25, 0.3) is 5.91 Å². The van der Waals surface area contributed by atoms with Crippen molar-refractivity contribution in [1.82, 2.24) is 9.88 Å². The van der Waals surface area contributed by atoms with Gasteiger partial charge in [0.2, 0.25) is 0 Å². The van der Waals surface area contributed by atoms with Crippen molar-refractivity contribution >= 4 is 16.8 Å². The summed E-state index contributed by atoms with van der Waals surface area (Å²) in [6.45, 7) is 7.88. The van der Waals surface area contributed by atoms with Crippen molar-refractivity contribution in [3.63, 3.8) is 0 Å². The summed E-state index contributed by atoms with van der Waals surface area (Å²) in [6, 6.07) is 10.6. The van der Waals surface area contributed by atoms with Crippen LogP contribution in [0, 0.1) is 17.2 Å². The number of nitrogens with zero attached hydrogens (tertiary/aromatic N) is 2. The predicted molar refractivity (Wildman–Crippen MR) is 91.2 cm³/mol. The number of aromatic amines is 1. The molecule has 1 aromatic heterocycles. The van der Waals surface area contributed by atoms with Crippen LogP contribution < -0.4 is 0 Å². The molecule has 1 fully saturated rings. The Morgan fingerprint density at radius 3 is 2.57 bits per heavy atom. The van der Waals surface area contributed by atoms with Crippen LogP contribution in [-0.2, 0) is 5.41 Å². The van der Waals surface area contributed by atoms with Gasteiger partial charge in [-0.3, -0.25) is 4.79 Å². The molecule has 0 unspecified atom stereocenters. The zero-order chi connectivity index (χ0) is 16.6. The zero-order valence-electron chi connectivity index (χ0n) is 14.0. The van der Waals surface area contributed by atoms with Crippen LogP contribution in [0.2, 0.25) is 0 Å². The lowest BCUT2D eigenvalue weighted by Crippen LogP contribution is -2.38. The van der Waals surface area contributed by atoms with Crippen molar-refractivity contribution in [3.05, 3.63) is 35.5 Å². The standard InChI is InChI=1S/C19H23N3O/c1-19(2,3)15-5-4-14-10-17(21-16(14)11-15)18(23)22-8-6-13(12-20)7-9-22/h4-5,10-11,13,21H,6-9H2,1-3H3. The van der Waals surface area contributed by atoms with E-state index in [2.05, 4.69) is 50.0 Å². The minimum atomic E-state index is 0.0369. The molecule has 23 heavy (non-hydrogen) atoms. The first-order valence-corrected chi connectivity index (χ1v) is 8.20. The van der Waals surface area contributed by atoms with Gasteiger partial charge in [0.1, 0.15) is 5.69 Å². The van der Waals surface area contributed by atoms with Crippen LogP contribution in [0.4, 0.5) is 0 Å². The van der Waals surface area contributed by atoms with Crippen molar-refractivity contribution in [3.8, 4) is 6.07 Å². The molecule has 120 valence electrons. The maximum absolute atomic E-state index is 12.7. The average Bonchev–Trinajstić information content (AvgIpc) is 2.96. The summed E-state index contributed by atoms with van der Waals surface area (Å²) in [4.78, 5) is 17.8. The largest absolute Gasteiger partial charge is 0.351 e. The smallest absolute Gasteiger partial charge is 0.270 e. The van der Waals surface area contributed by atoms with E-state index < -0.39 is 0 Å². The van der Waals surface area contributed by atoms with E-state index in [1.165, 1.54) is 5.56 Å². The van der Waals surface area contributed by atoms with Gasteiger partial charge in [-0.1, -0.05) is 32.9 Å². The Balaban J connectivity index is 1.83. The molecule has 0 radical (unpaired) electrons. The number of likely N-dealkylation sites (tertiary alicyclic amines) is 1. The minimum absolute atomic E-state index is 0.0369. The van der Waals surface area contributed by atoms with Crippen LogP contribution in [-0.4, -0.2) is 28.9 Å². The van der Waals surface area contributed by atoms with Gasteiger partial charge in [-0.2, -0.15) is 5.26 Å². The molecule has 1 aliphatic rings. The van der Waals surface area contributed by atoms with Crippen molar-refractivity contribution in [2.24, 2.45) is 5.92 Å². The Kier molecular flexibility index (Phi) is 3.89. The molecule has 1 N–H and O–H groups in total. The number of hydrogen-bond donors (Lipinski definition) is 1. The number of H-pyrrole nitrogens is 1. The number of hydrogen-bond acceptors (Lipinski definition) is 2. The van der Waals surface area contributed by atoms with Gasteiger partial charge in [-0.25, -0.2) is 0 Å². The van der Waals surface area contributed by atoms with Gasteiger partial charge in [-0.15, -0.1) is 0 Å². The van der Waals surface area contributed by atoms with Crippen LogP contribution in [0.25, 0.3) is 10.9 Å². The number of rotatable bonds is 1. The molecule has 1 amide bonds. The molecular formula is C19H23N3O. The van der Waals surface area contributed by atoms with Crippen molar-refractivity contribution in [2.75, 3.05) is 13.1 Å². The highest BCUT2D eigenvalue weighted by Gasteiger charge is 2.24. The molecule has 0 aliphatic carbocycles. The maximum atomic E-state index is 12.7. The summed E-state index contributed by atoms with van der Waals surface area (Å²) in [6.07, 6.45) is 1.55. The van der Waals surface area contributed by atoms with Crippen molar-refractivity contribution in [2.45, 2.75) is 39.0 Å². The number of benzene rings is 1. The van der Waals surface area contributed by atoms with E-state index in [9.17, 15) is 4.79 Å². The zero-order valence-corrected chi connectivity index (χ0v) is 14.0. The second-order valence-corrected chi connectivity index (χ2v) is 7.43. The second kappa shape index (κ2) is 5.73. The Hall–Kier alpha value is -2.28. The monoisotopic (exact) mass is 309 g/mol. The summed E-state index contributed by atoms with van der Waals surface area (Å²) in [5, 5.41) is 10.0. The van der Waals surface area contributed by atoms with E-state index in [0.717, 1.165) is 23.7 Å². The summed E-state index contributed by atoms with van der Waals surface area (Å²) in [7, 11) is 0. The molecule has 2 heterocycles. The fourth-order valence-corrected chi connectivity index (χ4v) is 3.09. The number of piperidine rings is 1. The molecule has 1 aliphatic heterocycles. The molecule has 4 heteroatoms. The number of carbonyl (C=O) groups excluding carboxylic acids is 1. The fourth-order valence-electron chi connectivity index (χ4n) is 3.09. The second-order valence-electron chi connectivity index (χ2n) is 7.43. The van der Waals surface area contributed by atoms with E-state index in [0.29, 0.717) is 18.8 Å². The van der Waals surface area contributed by atoms with E-state index in [-0.39, 0.29) is 17.2 Å². The molecule has 4 nitrogen and oxygen atoms in total. The van der Waals surface area contributed by atoms with Crippen LogP contribution in [0.1, 0.15) is 49.7 Å². The van der Waals surface area contributed by atoms with Crippen LogP contribution >= 0.6 is 0 Å². The number of nitrogens with one attached hydrogen (secondary N) is 1. The van der Waals surface area contributed by atoms with Gasteiger partial charge >= 0.3 is 0 Å². The molecule has 1 aromatic carbocycles. The third kappa shape index (κ3) is 3.10. The SMILES string of the molecule is CC(C)(C)c1ccc2cc(C(=O)N3CCC(C#N)CC3)[nH]c2c1. The third-order valence-corrected chi connectivity index (χ3v) is 4.68. The number of fused-ring (bicyclic) bond motifs is 1. The molecule has 3 rings (SSSR count). The van der Waals surface area contributed by atoms with Gasteiger partial charge in [0, 0.05) is 29.9 Å². The first-order valence-electron chi connectivity index (χ1n) is 8.20. The summed E-state index contributed by atoms with van der Waals surface area (Å²) >= 11 is 0. The Morgan fingerprint density at radius 2 is 1.96 bits per heavy atom. The van der Waals surface area contributed by atoms with Crippen LogP contribution in [0.5, 0.6) is 0 Å². The lowest BCUT2D eigenvalue weighted by Gasteiger charge is -2.28. The topological polar surface area (TPSA) is 59.9 Å². The highest BCUT2D eigenvalue weighted by atomic mass is 16.2. The fraction of sp³-hybridized carbons (Fsp3) is 0.474. The van der Waals surface area contributed by atoms with Crippen molar-refractivity contribution < 1.29 is 4.79 Å². The lowest BCUT2D eigenvalue weighted by atomic mass is 9.87. The van der Waals surface area contributed by atoms with Gasteiger partial charge in [0.05, 0.1) is 6.07 Å². The third-order valence-electron chi connectivity index (χ3n) is 4.68. The summed E-state index contributed by atoms with van der Waals surface area (Å²) in [5.41, 5.74) is 2.98. The highest BCUT2D eigenvalue weighted by Crippen LogP contribution is 2.27. The quantitative estimate of drug-likeness (QED) is 0.870. The molecule has 0 saturated carbocycles. The molecule has 0 bridgehead atoms. The molecular weight excluding hydrogens is 286 g/mol. The lowest BCUT2D eigenvalue weighted by molar-refractivity contribution is 0.0702. The number of nitriles is 1. The average molecular weight is 309 g/mol. The molecule has 0 spiro atoms. The Bertz CT molecular complexity index is 768. The first kappa shape index (κ1) is 15.6. The number of carbonyl (C=O) groups is 1. The first-order chi connectivity index (χ1) is 10.9. The predicted octanol–water partition coefficient (Wildman–Crippen LogP) is 3.84. The Labute approximate surface area is 137 Å². The van der Waals surface area contributed by atoms with E-state index >= 15 is 0 Å². The molecule has 2 aromatic rings. The van der Waals surface area contributed by atoms with E-state index in [1.807, 2.05) is 11.0 Å².